The van der Waals surface area contributed by atoms with E-state index in [2.05, 4.69) is 11.8 Å². The fraction of sp³-hybridized carbons (Fsp3) is 1.00. The molecular weight excluding hydrogens is 162 g/mol. The smallest absolute Gasteiger partial charge is 0.0593 e. The van der Waals surface area contributed by atoms with Gasteiger partial charge in [-0.05, 0) is 32.1 Å². The molecule has 2 rings (SSSR count). The number of hydrogen-bond acceptors (Lipinski definition) is 2. The Kier molecular flexibility index (Phi) is 3.23. The molecule has 0 aromatic heterocycles. The lowest BCUT2D eigenvalue weighted by molar-refractivity contribution is 0.123. The molecule has 0 aromatic rings. The fourth-order valence-corrected chi connectivity index (χ4v) is 2.22. The molecule has 2 heteroatoms. The van der Waals surface area contributed by atoms with Crippen LogP contribution >= 0.6 is 0 Å². The predicted octanol–water partition coefficient (Wildman–Crippen LogP) is 1.90. The lowest BCUT2D eigenvalue weighted by Crippen LogP contribution is -2.39. The van der Waals surface area contributed by atoms with E-state index < -0.39 is 0 Å². The first kappa shape index (κ1) is 9.47. The van der Waals surface area contributed by atoms with Crippen LogP contribution < -0.4 is 0 Å². The second-order valence-corrected chi connectivity index (χ2v) is 4.54. The Morgan fingerprint density at radius 3 is 2.77 bits per heavy atom. The van der Waals surface area contributed by atoms with Gasteiger partial charge in [-0.2, -0.15) is 0 Å². The van der Waals surface area contributed by atoms with Crippen molar-refractivity contribution < 1.29 is 4.74 Å². The maximum atomic E-state index is 5.49. The third-order valence-electron chi connectivity index (χ3n) is 3.54. The lowest BCUT2D eigenvalue weighted by atomic mass is 9.85. The van der Waals surface area contributed by atoms with Crippen LogP contribution in [0.2, 0.25) is 0 Å². The van der Waals surface area contributed by atoms with Crippen molar-refractivity contribution in [2.24, 2.45) is 5.92 Å². The van der Waals surface area contributed by atoms with Gasteiger partial charge in [-0.15, -0.1) is 0 Å². The largest absolute Gasteiger partial charge is 0.380 e. The van der Waals surface area contributed by atoms with Crippen LogP contribution in [-0.2, 0) is 4.74 Å². The minimum Gasteiger partial charge on any atom is -0.380 e. The second-order valence-electron chi connectivity index (χ2n) is 4.54. The van der Waals surface area contributed by atoms with Crippen molar-refractivity contribution in [2.45, 2.75) is 38.6 Å². The van der Waals surface area contributed by atoms with Crippen molar-refractivity contribution in [1.82, 2.24) is 4.90 Å². The molecule has 1 unspecified atom stereocenters. The molecule has 1 heterocycles. The summed E-state index contributed by atoms with van der Waals surface area (Å²) in [4.78, 5) is 2.62. The average Bonchev–Trinajstić information content (AvgIpc) is 2.23. The minimum absolute atomic E-state index is 0.739. The van der Waals surface area contributed by atoms with Crippen LogP contribution in [0, 0.1) is 5.92 Å². The summed E-state index contributed by atoms with van der Waals surface area (Å²) in [6, 6.07) is 0.739. The quantitative estimate of drug-likeness (QED) is 0.648. The molecule has 1 aliphatic carbocycles. The Morgan fingerprint density at radius 2 is 2.08 bits per heavy atom. The Morgan fingerprint density at radius 1 is 1.23 bits per heavy atom. The Labute approximate surface area is 81.3 Å². The number of rotatable bonds is 2. The molecule has 2 aliphatic rings. The highest BCUT2D eigenvalue weighted by atomic mass is 16.5. The van der Waals surface area contributed by atoms with Gasteiger partial charge in [0.1, 0.15) is 0 Å². The third-order valence-corrected chi connectivity index (χ3v) is 3.54. The molecule has 2 fully saturated rings. The van der Waals surface area contributed by atoms with E-state index in [1.165, 1.54) is 32.2 Å². The molecular formula is C11H21NO. The van der Waals surface area contributed by atoms with Crippen molar-refractivity contribution in [3.63, 3.8) is 0 Å². The molecule has 0 spiro atoms. The molecule has 76 valence electrons. The minimum atomic E-state index is 0.739. The first-order valence-corrected chi connectivity index (χ1v) is 5.68. The Hall–Kier alpha value is -0.0800. The predicted molar refractivity (Wildman–Crippen MR) is 53.8 cm³/mol. The molecule has 1 saturated heterocycles. The van der Waals surface area contributed by atoms with Gasteiger partial charge in [0.2, 0.25) is 0 Å². The average molecular weight is 183 g/mol. The van der Waals surface area contributed by atoms with Crippen LogP contribution in [0.4, 0.5) is 0 Å². The monoisotopic (exact) mass is 183 g/mol. The van der Waals surface area contributed by atoms with Crippen LogP contribution in [0.3, 0.4) is 0 Å². The lowest BCUT2D eigenvalue weighted by Gasteiger charge is -2.34. The maximum absolute atomic E-state index is 5.49. The van der Waals surface area contributed by atoms with Gasteiger partial charge < -0.3 is 4.74 Å². The summed E-state index contributed by atoms with van der Waals surface area (Å²) in [6.07, 6.45) is 5.60. The Balaban J connectivity index is 1.79. The first-order valence-electron chi connectivity index (χ1n) is 5.68. The van der Waals surface area contributed by atoms with Gasteiger partial charge in [-0.3, -0.25) is 4.90 Å². The Bertz CT molecular complexity index is 156. The maximum Gasteiger partial charge on any atom is 0.0593 e. The van der Waals surface area contributed by atoms with Gasteiger partial charge >= 0.3 is 0 Å². The molecule has 1 aliphatic heterocycles. The molecule has 1 atom stereocenters. The van der Waals surface area contributed by atoms with E-state index in [0.717, 1.165) is 31.7 Å². The molecule has 0 aromatic carbocycles. The standard InChI is InChI=1S/C11H21NO/c1-10-5-7-13-8-6-12(10)9-11-3-2-4-11/h10-11H,2-9H2,1H3. The normalized spacial score (nSPS) is 32.5. The number of ether oxygens (including phenoxy) is 1. The highest BCUT2D eigenvalue weighted by Gasteiger charge is 2.24. The van der Waals surface area contributed by atoms with E-state index in [4.69, 9.17) is 4.74 Å². The summed E-state index contributed by atoms with van der Waals surface area (Å²) in [5.41, 5.74) is 0. The van der Waals surface area contributed by atoms with Crippen molar-refractivity contribution in [3.8, 4) is 0 Å². The SMILES string of the molecule is CC1CCOCCN1CC1CCC1. The second kappa shape index (κ2) is 4.43. The molecule has 0 radical (unpaired) electrons. The van der Waals surface area contributed by atoms with Crippen LogP contribution in [-0.4, -0.2) is 37.2 Å². The molecule has 0 amide bonds. The zero-order chi connectivity index (χ0) is 9.10. The van der Waals surface area contributed by atoms with Crippen LogP contribution in [0.15, 0.2) is 0 Å². The molecule has 0 N–H and O–H groups in total. The summed E-state index contributed by atoms with van der Waals surface area (Å²) < 4.78 is 5.49. The zero-order valence-electron chi connectivity index (χ0n) is 8.67. The van der Waals surface area contributed by atoms with Gasteiger partial charge in [0.15, 0.2) is 0 Å². The van der Waals surface area contributed by atoms with Gasteiger partial charge in [0, 0.05) is 25.7 Å². The third kappa shape index (κ3) is 2.44. The molecule has 13 heavy (non-hydrogen) atoms. The highest BCUT2D eigenvalue weighted by molar-refractivity contribution is 4.77. The van der Waals surface area contributed by atoms with Crippen molar-refractivity contribution in [1.29, 1.82) is 0 Å². The zero-order valence-corrected chi connectivity index (χ0v) is 8.67. The fourth-order valence-electron chi connectivity index (χ4n) is 2.22. The number of hydrogen-bond donors (Lipinski definition) is 0. The summed E-state index contributed by atoms with van der Waals surface area (Å²) in [5.74, 6) is 1.00. The molecule has 1 saturated carbocycles. The summed E-state index contributed by atoms with van der Waals surface area (Å²) >= 11 is 0. The van der Waals surface area contributed by atoms with Gasteiger partial charge in [0.25, 0.3) is 0 Å². The van der Waals surface area contributed by atoms with Crippen molar-refractivity contribution >= 4 is 0 Å². The van der Waals surface area contributed by atoms with Crippen LogP contribution in [0.1, 0.15) is 32.6 Å². The number of nitrogens with zero attached hydrogens (tertiary/aromatic N) is 1. The van der Waals surface area contributed by atoms with E-state index >= 15 is 0 Å². The van der Waals surface area contributed by atoms with Crippen molar-refractivity contribution in [3.05, 3.63) is 0 Å². The van der Waals surface area contributed by atoms with Gasteiger partial charge in [-0.25, -0.2) is 0 Å². The molecule has 0 bridgehead atoms. The van der Waals surface area contributed by atoms with Gasteiger partial charge in [0.05, 0.1) is 6.61 Å². The van der Waals surface area contributed by atoms with Crippen molar-refractivity contribution in [2.75, 3.05) is 26.3 Å². The van der Waals surface area contributed by atoms with E-state index in [1.807, 2.05) is 0 Å². The molecule has 2 nitrogen and oxygen atoms in total. The summed E-state index contributed by atoms with van der Waals surface area (Å²) in [6.45, 7) is 6.72. The van der Waals surface area contributed by atoms with E-state index in [-0.39, 0.29) is 0 Å². The highest BCUT2D eigenvalue weighted by Crippen LogP contribution is 2.28. The topological polar surface area (TPSA) is 12.5 Å². The summed E-state index contributed by atoms with van der Waals surface area (Å²) in [5, 5.41) is 0. The van der Waals surface area contributed by atoms with E-state index in [0.29, 0.717) is 0 Å². The van der Waals surface area contributed by atoms with Crippen LogP contribution in [0.5, 0.6) is 0 Å². The van der Waals surface area contributed by atoms with E-state index in [1.54, 1.807) is 0 Å². The van der Waals surface area contributed by atoms with E-state index in [9.17, 15) is 0 Å². The van der Waals surface area contributed by atoms with Gasteiger partial charge in [-0.1, -0.05) is 6.42 Å². The summed E-state index contributed by atoms with van der Waals surface area (Å²) in [7, 11) is 0. The van der Waals surface area contributed by atoms with Crippen LogP contribution in [0.25, 0.3) is 0 Å². The first-order chi connectivity index (χ1) is 6.36.